The van der Waals surface area contributed by atoms with Crippen LogP contribution in [0.2, 0.25) is 0 Å². The highest BCUT2D eigenvalue weighted by Gasteiger charge is 2.25. The Morgan fingerprint density at radius 2 is 2.15 bits per heavy atom. The summed E-state index contributed by atoms with van der Waals surface area (Å²) in [7, 11) is 0. The molecule has 2 atom stereocenters. The van der Waals surface area contributed by atoms with Crippen molar-refractivity contribution in [1.82, 2.24) is 10.2 Å². The first-order chi connectivity index (χ1) is 12.2. The number of halogens is 1. The van der Waals surface area contributed by atoms with Crippen molar-refractivity contribution in [2.75, 3.05) is 37.7 Å². The molecule has 0 saturated carbocycles. The first kappa shape index (κ1) is 21.5. The second-order valence-corrected chi connectivity index (χ2v) is 8.29. The zero-order valence-corrected chi connectivity index (χ0v) is 17.2. The van der Waals surface area contributed by atoms with E-state index < -0.39 is 0 Å². The number of aryl methyl sites for hydroxylation is 1. The minimum atomic E-state index is 0. The molecule has 1 aromatic carbocycles. The Morgan fingerprint density at radius 3 is 2.81 bits per heavy atom. The molecule has 2 unspecified atom stereocenters. The summed E-state index contributed by atoms with van der Waals surface area (Å²) in [6, 6.07) is 8.94. The van der Waals surface area contributed by atoms with E-state index in [0.29, 0.717) is 12.5 Å². The topological polar surface area (TPSA) is 41.6 Å². The number of nitrogens with zero attached hydrogens (tertiary/aromatic N) is 1. The molecule has 2 saturated heterocycles. The van der Waals surface area contributed by atoms with E-state index in [4.69, 9.17) is 4.74 Å². The molecule has 0 aromatic heterocycles. The number of benzene rings is 1. The molecular formula is C20H31ClN2O2S. The third-order valence-electron chi connectivity index (χ3n) is 5.01. The fourth-order valence-corrected chi connectivity index (χ4v) is 4.41. The highest BCUT2D eigenvalue weighted by Crippen LogP contribution is 2.17. The van der Waals surface area contributed by atoms with Crippen LogP contribution in [-0.2, 0) is 16.0 Å². The number of ether oxygens (including phenoxy) is 1. The van der Waals surface area contributed by atoms with Crippen LogP contribution >= 0.6 is 24.2 Å². The van der Waals surface area contributed by atoms with E-state index in [-0.39, 0.29) is 24.4 Å². The van der Waals surface area contributed by atoms with E-state index in [2.05, 4.69) is 36.5 Å². The predicted octanol–water partition coefficient (Wildman–Crippen LogP) is 3.06. The third-order valence-corrected chi connectivity index (χ3v) is 6.14. The lowest BCUT2D eigenvalue weighted by Gasteiger charge is -2.29. The van der Waals surface area contributed by atoms with E-state index in [0.717, 1.165) is 57.0 Å². The minimum absolute atomic E-state index is 0. The molecule has 26 heavy (non-hydrogen) atoms. The largest absolute Gasteiger partial charge is 0.376 e. The lowest BCUT2D eigenvalue weighted by Crippen LogP contribution is -2.45. The van der Waals surface area contributed by atoms with Gasteiger partial charge in [-0.1, -0.05) is 29.8 Å². The van der Waals surface area contributed by atoms with Gasteiger partial charge in [0.2, 0.25) is 5.91 Å². The molecule has 0 aliphatic carbocycles. The van der Waals surface area contributed by atoms with Gasteiger partial charge in [0, 0.05) is 50.2 Å². The fourth-order valence-electron chi connectivity index (χ4n) is 3.46. The number of hydrogen-bond acceptors (Lipinski definition) is 4. The molecule has 4 nitrogen and oxygen atoms in total. The molecule has 1 N–H and O–H groups in total. The van der Waals surface area contributed by atoms with Gasteiger partial charge in [0.1, 0.15) is 0 Å². The Kier molecular flexibility index (Phi) is 9.26. The Morgan fingerprint density at radius 1 is 1.35 bits per heavy atom. The van der Waals surface area contributed by atoms with Gasteiger partial charge in [0.05, 0.1) is 6.10 Å². The average molecular weight is 399 g/mol. The standard InChI is InChI=1S/C20H30N2O2S.ClH/c1-16-4-6-17(7-5-16)8-10-22(14-19-3-2-11-24-19)20(23)13-18-15-25-12-9-21-18;/h4-7,18-19,21H,2-3,8-15H2,1H3;1H. The molecule has 1 aromatic rings. The van der Waals surface area contributed by atoms with Crippen LogP contribution < -0.4 is 5.32 Å². The number of thioether (sulfide) groups is 1. The van der Waals surface area contributed by atoms with Gasteiger partial charge in [-0.25, -0.2) is 0 Å². The van der Waals surface area contributed by atoms with Gasteiger partial charge in [-0.05, 0) is 31.7 Å². The van der Waals surface area contributed by atoms with Crippen LogP contribution in [0.15, 0.2) is 24.3 Å². The molecule has 0 radical (unpaired) electrons. The minimum Gasteiger partial charge on any atom is -0.376 e. The summed E-state index contributed by atoms with van der Waals surface area (Å²) in [5.41, 5.74) is 2.57. The van der Waals surface area contributed by atoms with Crippen molar-refractivity contribution in [3.63, 3.8) is 0 Å². The molecule has 0 bridgehead atoms. The van der Waals surface area contributed by atoms with Gasteiger partial charge in [0.25, 0.3) is 0 Å². The molecule has 0 spiro atoms. The summed E-state index contributed by atoms with van der Waals surface area (Å²) in [6.07, 6.45) is 3.92. The average Bonchev–Trinajstić information content (AvgIpc) is 3.14. The quantitative estimate of drug-likeness (QED) is 0.766. The summed E-state index contributed by atoms with van der Waals surface area (Å²) in [6.45, 7) is 5.47. The zero-order chi connectivity index (χ0) is 17.5. The number of hydrogen-bond donors (Lipinski definition) is 1. The number of carbonyl (C=O) groups is 1. The van der Waals surface area contributed by atoms with Crippen LogP contribution in [-0.4, -0.2) is 60.7 Å². The van der Waals surface area contributed by atoms with Crippen molar-refractivity contribution in [1.29, 1.82) is 0 Å². The van der Waals surface area contributed by atoms with Crippen LogP contribution in [0.3, 0.4) is 0 Å². The van der Waals surface area contributed by atoms with Gasteiger partial charge in [0.15, 0.2) is 0 Å². The van der Waals surface area contributed by atoms with Gasteiger partial charge < -0.3 is 15.0 Å². The smallest absolute Gasteiger partial charge is 0.224 e. The van der Waals surface area contributed by atoms with Gasteiger partial charge in [-0.15, -0.1) is 12.4 Å². The summed E-state index contributed by atoms with van der Waals surface area (Å²) >= 11 is 1.94. The summed E-state index contributed by atoms with van der Waals surface area (Å²) in [4.78, 5) is 14.9. The first-order valence-corrected chi connectivity index (χ1v) is 10.6. The molecule has 2 aliphatic heterocycles. The summed E-state index contributed by atoms with van der Waals surface area (Å²) < 4.78 is 5.78. The number of amides is 1. The van der Waals surface area contributed by atoms with E-state index in [1.54, 1.807) is 0 Å². The van der Waals surface area contributed by atoms with Crippen LogP contribution in [0.25, 0.3) is 0 Å². The van der Waals surface area contributed by atoms with E-state index in [1.165, 1.54) is 11.1 Å². The maximum Gasteiger partial charge on any atom is 0.224 e. The highest BCUT2D eigenvalue weighted by atomic mass is 35.5. The van der Waals surface area contributed by atoms with Crippen molar-refractivity contribution in [3.8, 4) is 0 Å². The second kappa shape index (κ2) is 11.2. The van der Waals surface area contributed by atoms with Crippen molar-refractivity contribution in [3.05, 3.63) is 35.4 Å². The molecule has 2 heterocycles. The third kappa shape index (κ3) is 6.76. The van der Waals surface area contributed by atoms with Crippen LogP contribution in [0.4, 0.5) is 0 Å². The van der Waals surface area contributed by atoms with E-state index >= 15 is 0 Å². The van der Waals surface area contributed by atoms with Crippen molar-refractivity contribution in [2.45, 2.75) is 44.8 Å². The van der Waals surface area contributed by atoms with Crippen molar-refractivity contribution >= 4 is 30.1 Å². The second-order valence-electron chi connectivity index (χ2n) is 7.14. The summed E-state index contributed by atoms with van der Waals surface area (Å²) in [5, 5.41) is 3.48. The van der Waals surface area contributed by atoms with Gasteiger partial charge in [-0.3, -0.25) is 4.79 Å². The lowest BCUT2D eigenvalue weighted by atomic mass is 10.1. The van der Waals surface area contributed by atoms with Crippen LogP contribution in [0.5, 0.6) is 0 Å². The van der Waals surface area contributed by atoms with E-state index in [1.807, 2.05) is 16.7 Å². The SMILES string of the molecule is Cc1ccc(CCN(CC2CCCO2)C(=O)CC2CSCCN2)cc1.Cl. The molecule has 3 rings (SSSR count). The van der Waals surface area contributed by atoms with E-state index in [9.17, 15) is 4.79 Å². The van der Waals surface area contributed by atoms with Crippen molar-refractivity contribution < 1.29 is 9.53 Å². The Labute approximate surface area is 167 Å². The zero-order valence-electron chi connectivity index (χ0n) is 15.6. The molecule has 2 aliphatic rings. The number of nitrogens with one attached hydrogen (secondary N) is 1. The molecule has 2 fully saturated rings. The number of rotatable bonds is 7. The van der Waals surface area contributed by atoms with Gasteiger partial charge >= 0.3 is 0 Å². The molecule has 6 heteroatoms. The molecule has 1 amide bonds. The van der Waals surface area contributed by atoms with Gasteiger partial charge in [-0.2, -0.15) is 11.8 Å². The summed E-state index contributed by atoms with van der Waals surface area (Å²) in [5.74, 6) is 2.46. The fraction of sp³-hybridized carbons (Fsp3) is 0.650. The normalized spacial score (nSPS) is 22.7. The molecule has 146 valence electrons. The maximum atomic E-state index is 12.9. The Hall–Kier alpha value is -0.750. The monoisotopic (exact) mass is 398 g/mol. The first-order valence-electron chi connectivity index (χ1n) is 9.47. The Balaban J connectivity index is 0.00000243. The Bertz CT molecular complexity index is 543. The van der Waals surface area contributed by atoms with Crippen LogP contribution in [0, 0.1) is 6.92 Å². The number of carbonyl (C=O) groups excluding carboxylic acids is 1. The van der Waals surface area contributed by atoms with Crippen molar-refractivity contribution in [2.24, 2.45) is 0 Å². The van der Waals surface area contributed by atoms with Crippen LogP contribution in [0.1, 0.15) is 30.4 Å². The molecular weight excluding hydrogens is 368 g/mol. The lowest BCUT2D eigenvalue weighted by molar-refractivity contribution is -0.133. The highest BCUT2D eigenvalue weighted by molar-refractivity contribution is 7.99. The maximum absolute atomic E-state index is 12.9. The predicted molar refractivity (Wildman–Crippen MR) is 111 cm³/mol.